The second kappa shape index (κ2) is 9.62. The van der Waals surface area contributed by atoms with Gasteiger partial charge in [0.1, 0.15) is 16.3 Å². The number of aromatic nitrogens is 5. The standard InChI is InChI=1S/C27H21N5O2S3/c1-16-8-3-6-13-21(16)32-25(33)23-24(31(27(35)37-23)17-9-7-10-18(14-17)34-2)30-26(32)36-15-22-28-19-11-4-5-12-20(19)29-22/h3-14H,15H2,1-2H3,(H,28,29). The molecule has 37 heavy (non-hydrogen) atoms. The summed E-state index contributed by atoms with van der Waals surface area (Å²) in [7, 11) is 1.62. The molecule has 0 aliphatic rings. The first-order chi connectivity index (χ1) is 18.0. The molecule has 6 aromatic rings. The van der Waals surface area contributed by atoms with Gasteiger partial charge in [-0.3, -0.25) is 13.9 Å². The third-order valence-electron chi connectivity index (χ3n) is 6.02. The summed E-state index contributed by atoms with van der Waals surface area (Å²) in [5.41, 5.74) is 4.83. The van der Waals surface area contributed by atoms with E-state index in [1.807, 2.05) is 84.3 Å². The molecule has 0 spiro atoms. The number of hydrogen-bond donors (Lipinski definition) is 1. The van der Waals surface area contributed by atoms with Crippen molar-refractivity contribution in [3.05, 3.63) is 98.5 Å². The lowest BCUT2D eigenvalue weighted by molar-refractivity contribution is 0.414. The second-order valence-electron chi connectivity index (χ2n) is 8.37. The van der Waals surface area contributed by atoms with E-state index in [9.17, 15) is 4.79 Å². The second-order valence-corrected chi connectivity index (χ2v) is 11.0. The van der Waals surface area contributed by atoms with E-state index in [1.165, 1.54) is 23.1 Å². The van der Waals surface area contributed by atoms with Crippen LogP contribution in [-0.2, 0) is 5.75 Å². The van der Waals surface area contributed by atoms with Crippen molar-refractivity contribution in [3.63, 3.8) is 0 Å². The number of methoxy groups -OCH3 is 1. The summed E-state index contributed by atoms with van der Waals surface area (Å²) in [5.74, 6) is 2.03. The molecule has 0 unspecified atom stereocenters. The number of hydrogen-bond acceptors (Lipinski definition) is 7. The van der Waals surface area contributed by atoms with Crippen molar-refractivity contribution in [1.82, 2.24) is 24.1 Å². The first-order valence-electron chi connectivity index (χ1n) is 11.5. The van der Waals surface area contributed by atoms with Crippen molar-refractivity contribution in [2.24, 2.45) is 0 Å². The van der Waals surface area contributed by atoms with Gasteiger partial charge < -0.3 is 9.72 Å². The van der Waals surface area contributed by atoms with Gasteiger partial charge in [-0.25, -0.2) is 9.97 Å². The molecular formula is C27H21N5O2S3. The number of thiazole rings is 1. The highest BCUT2D eigenvalue weighted by atomic mass is 32.2. The largest absolute Gasteiger partial charge is 0.497 e. The maximum atomic E-state index is 14.0. The van der Waals surface area contributed by atoms with E-state index >= 15 is 0 Å². The predicted molar refractivity (Wildman–Crippen MR) is 152 cm³/mol. The molecule has 3 aromatic carbocycles. The van der Waals surface area contributed by atoms with Crippen molar-refractivity contribution in [2.45, 2.75) is 17.8 Å². The van der Waals surface area contributed by atoms with Crippen molar-refractivity contribution in [2.75, 3.05) is 7.11 Å². The molecule has 7 nitrogen and oxygen atoms in total. The minimum Gasteiger partial charge on any atom is -0.497 e. The Morgan fingerprint density at radius 2 is 1.84 bits per heavy atom. The normalized spacial score (nSPS) is 11.4. The molecule has 0 atom stereocenters. The molecule has 1 N–H and O–H groups in total. The van der Waals surface area contributed by atoms with Crippen LogP contribution in [0.4, 0.5) is 0 Å². The zero-order valence-corrected chi connectivity index (χ0v) is 22.4. The van der Waals surface area contributed by atoms with Gasteiger partial charge in [0.15, 0.2) is 14.8 Å². The Morgan fingerprint density at radius 3 is 2.65 bits per heavy atom. The fourth-order valence-electron chi connectivity index (χ4n) is 4.24. The summed E-state index contributed by atoms with van der Waals surface area (Å²) in [4.78, 5) is 27.1. The number of para-hydroxylation sites is 3. The van der Waals surface area contributed by atoms with E-state index in [2.05, 4.69) is 4.98 Å². The zero-order chi connectivity index (χ0) is 25.5. The summed E-state index contributed by atoms with van der Waals surface area (Å²) in [5, 5.41) is 0.566. The molecule has 0 aliphatic carbocycles. The lowest BCUT2D eigenvalue weighted by Crippen LogP contribution is -2.22. The van der Waals surface area contributed by atoms with E-state index in [0.717, 1.165) is 33.8 Å². The Morgan fingerprint density at radius 1 is 1.03 bits per heavy atom. The van der Waals surface area contributed by atoms with Crippen LogP contribution in [-0.4, -0.2) is 31.2 Å². The Hall–Kier alpha value is -3.73. The molecule has 0 saturated heterocycles. The number of aryl methyl sites for hydroxylation is 1. The molecule has 184 valence electrons. The van der Waals surface area contributed by atoms with E-state index in [1.54, 1.807) is 11.7 Å². The average molecular weight is 544 g/mol. The lowest BCUT2D eigenvalue weighted by Gasteiger charge is -2.14. The monoisotopic (exact) mass is 543 g/mol. The maximum absolute atomic E-state index is 14.0. The number of imidazole rings is 1. The maximum Gasteiger partial charge on any atom is 0.278 e. The van der Waals surface area contributed by atoms with Gasteiger partial charge in [0.25, 0.3) is 5.56 Å². The average Bonchev–Trinajstić information content (AvgIpc) is 3.48. The zero-order valence-electron chi connectivity index (χ0n) is 20.0. The molecule has 3 heterocycles. The molecule has 0 radical (unpaired) electrons. The lowest BCUT2D eigenvalue weighted by atomic mass is 10.2. The van der Waals surface area contributed by atoms with Crippen LogP contribution in [0.25, 0.3) is 32.8 Å². The molecule has 0 bridgehead atoms. The van der Waals surface area contributed by atoms with Gasteiger partial charge in [0.2, 0.25) is 0 Å². The van der Waals surface area contributed by atoms with Crippen LogP contribution in [0.5, 0.6) is 5.75 Å². The number of benzene rings is 3. The fourth-order valence-corrected chi connectivity index (χ4v) is 6.41. The number of thioether (sulfide) groups is 1. The van der Waals surface area contributed by atoms with Crippen molar-refractivity contribution < 1.29 is 4.74 Å². The third kappa shape index (κ3) is 4.26. The van der Waals surface area contributed by atoms with Gasteiger partial charge in [0.05, 0.1) is 35.3 Å². The molecule has 6 rings (SSSR count). The van der Waals surface area contributed by atoms with Crippen LogP contribution in [0.2, 0.25) is 0 Å². The van der Waals surface area contributed by atoms with E-state index in [-0.39, 0.29) is 5.56 Å². The third-order valence-corrected chi connectivity index (χ3v) is 8.32. The summed E-state index contributed by atoms with van der Waals surface area (Å²) >= 11 is 8.44. The summed E-state index contributed by atoms with van der Waals surface area (Å²) in [6, 6.07) is 23.3. The highest BCUT2D eigenvalue weighted by Crippen LogP contribution is 2.30. The SMILES string of the molecule is COc1cccc(-n2c(=S)sc3c(=O)n(-c4ccccc4C)c(SCc4nc5ccccc5[nH]4)nc32)c1. The van der Waals surface area contributed by atoms with Crippen LogP contribution in [0, 0.1) is 10.9 Å². The van der Waals surface area contributed by atoms with Gasteiger partial charge in [0, 0.05) is 6.07 Å². The number of aromatic amines is 1. The smallest absolute Gasteiger partial charge is 0.278 e. The van der Waals surface area contributed by atoms with Gasteiger partial charge >= 0.3 is 0 Å². The molecule has 0 fully saturated rings. The Bertz CT molecular complexity index is 1870. The molecule has 0 aliphatic heterocycles. The molecule has 3 aromatic heterocycles. The van der Waals surface area contributed by atoms with Crippen LogP contribution in [0.15, 0.2) is 82.7 Å². The van der Waals surface area contributed by atoms with E-state index in [0.29, 0.717) is 31.0 Å². The number of fused-ring (bicyclic) bond motifs is 2. The van der Waals surface area contributed by atoms with Gasteiger partial charge in [-0.15, -0.1) is 0 Å². The highest BCUT2D eigenvalue weighted by Gasteiger charge is 2.20. The molecule has 0 saturated carbocycles. The Labute approximate surface area is 225 Å². The molecule has 0 amide bonds. The van der Waals surface area contributed by atoms with Crippen molar-refractivity contribution >= 4 is 56.7 Å². The Kier molecular flexibility index (Phi) is 6.15. The number of rotatable bonds is 6. The topological polar surface area (TPSA) is 77.7 Å². The molecular weight excluding hydrogens is 523 g/mol. The summed E-state index contributed by atoms with van der Waals surface area (Å²) < 4.78 is 9.99. The van der Waals surface area contributed by atoms with E-state index < -0.39 is 0 Å². The fraction of sp³-hybridized carbons (Fsp3) is 0.111. The van der Waals surface area contributed by atoms with Crippen LogP contribution < -0.4 is 10.3 Å². The van der Waals surface area contributed by atoms with Gasteiger partial charge in [-0.2, -0.15) is 0 Å². The Balaban J connectivity index is 1.54. The minimum atomic E-state index is -0.149. The summed E-state index contributed by atoms with van der Waals surface area (Å²) in [6.07, 6.45) is 0. The first-order valence-corrected chi connectivity index (χ1v) is 13.7. The van der Waals surface area contributed by atoms with Crippen LogP contribution in [0.3, 0.4) is 0 Å². The van der Waals surface area contributed by atoms with Gasteiger partial charge in [-0.1, -0.05) is 59.5 Å². The van der Waals surface area contributed by atoms with Crippen molar-refractivity contribution in [1.29, 1.82) is 0 Å². The quantitative estimate of drug-likeness (QED) is 0.148. The van der Waals surface area contributed by atoms with Gasteiger partial charge in [-0.05, 0) is 55.0 Å². The van der Waals surface area contributed by atoms with Crippen LogP contribution in [0.1, 0.15) is 11.4 Å². The molecule has 10 heteroatoms. The van der Waals surface area contributed by atoms with Crippen molar-refractivity contribution in [3.8, 4) is 17.1 Å². The summed E-state index contributed by atoms with van der Waals surface area (Å²) in [6.45, 7) is 1.99. The highest BCUT2D eigenvalue weighted by molar-refractivity contribution is 7.98. The first kappa shape index (κ1) is 23.7. The predicted octanol–water partition coefficient (Wildman–Crippen LogP) is 6.45. The van der Waals surface area contributed by atoms with E-state index in [4.69, 9.17) is 26.9 Å². The number of nitrogens with one attached hydrogen (secondary N) is 1. The van der Waals surface area contributed by atoms with Crippen LogP contribution >= 0.6 is 35.3 Å². The number of ether oxygens (including phenoxy) is 1. The minimum absolute atomic E-state index is 0.149. The number of H-pyrrole nitrogens is 1. The number of nitrogens with zero attached hydrogens (tertiary/aromatic N) is 4.